The zero-order valence-electron chi connectivity index (χ0n) is 13.1. The van der Waals surface area contributed by atoms with Crippen LogP contribution in [-0.2, 0) is 14.3 Å². The second kappa shape index (κ2) is 5.34. The van der Waals surface area contributed by atoms with Crippen molar-refractivity contribution in [3.05, 3.63) is 12.2 Å². The maximum absolute atomic E-state index is 12.7. The van der Waals surface area contributed by atoms with E-state index in [0.29, 0.717) is 5.92 Å². The fourth-order valence-corrected chi connectivity index (χ4v) is 3.96. The van der Waals surface area contributed by atoms with Crippen LogP contribution in [0.2, 0.25) is 0 Å². The Labute approximate surface area is 121 Å². The van der Waals surface area contributed by atoms with E-state index in [-0.39, 0.29) is 29.0 Å². The van der Waals surface area contributed by atoms with Crippen LogP contribution in [0.15, 0.2) is 12.2 Å². The molecule has 112 valence electrons. The molecule has 2 rings (SSSR count). The number of ketones is 1. The summed E-state index contributed by atoms with van der Waals surface area (Å²) < 4.78 is 5.45. The monoisotopic (exact) mass is 278 g/mol. The molecular formula is C17H26O3. The smallest absolute Gasteiger partial charge is 0.303 e. The van der Waals surface area contributed by atoms with Gasteiger partial charge in [0.15, 0.2) is 11.9 Å². The molecule has 2 aliphatic rings. The van der Waals surface area contributed by atoms with E-state index in [1.165, 1.54) is 12.5 Å². The zero-order chi connectivity index (χ0) is 15.1. The van der Waals surface area contributed by atoms with Gasteiger partial charge in [-0.15, -0.1) is 0 Å². The van der Waals surface area contributed by atoms with E-state index >= 15 is 0 Å². The van der Waals surface area contributed by atoms with Crippen molar-refractivity contribution in [3.63, 3.8) is 0 Å². The third kappa shape index (κ3) is 2.68. The topological polar surface area (TPSA) is 43.4 Å². The number of ether oxygens (including phenoxy) is 1. The van der Waals surface area contributed by atoms with Gasteiger partial charge in [-0.3, -0.25) is 9.59 Å². The van der Waals surface area contributed by atoms with Crippen molar-refractivity contribution in [2.24, 2.45) is 23.2 Å². The summed E-state index contributed by atoms with van der Waals surface area (Å²) in [4.78, 5) is 24.1. The lowest BCUT2D eigenvalue weighted by Gasteiger charge is -2.54. The van der Waals surface area contributed by atoms with Crippen LogP contribution in [0.4, 0.5) is 0 Å². The fourth-order valence-electron chi connectivity index (χ4n) is 3.96. The molecule has 0 N–H and O–H groups in total. The van der Waals surface area contributed by atoms with Gasteiger partial charge in [-0.25, -0.2) is 0 Å². The number of hydrogen-bond donors (Lipinski definition) is 0. The lowest BCUT2D eigenvalue weighted by atomic mass is 9.51. The van der Waals surface area contributed by atoms with Gasteiger partial charge >= 0.3 is 5.97 Å². The van der Waals surface area contributed by atoms with Gasteiger partial charge in [-0.2, -0.15) is 0 Å². The highest BCUT2D eigenvalue weighted by Gasteiger charge is 2.55. The molecule has 0 spiro atoms. The van der Waals surface area contributed by atoms with Gasteiger partial charge < -0.3 is 4.74 Å². The van der Waals surface area contributed by atoms with E-state index in [1.54, 1.807) is 0 Å². The van der Waals surface area contributed by atoms with Gasteiger partial charge in [0, 0.05) is 18.8 Å². The molecule has 2 fully saturated rings. The largest absolute Gasteiger partial charge is 0.454 e. The fraction of sp³-hybridized carbons (Fsp3) is 0.765. The molecule has 0 heterocycles. The molecule has 0 bridgehead atoms. The second-order valence-electron chi connectivity index (χ2n) is 7.21. The highest BCUT2D eigenvalue weighted by Crippen LogP contribution is 2.57. The first-order valence-corrected chi connectivity index (χ1v) is 7.62. The van der Waals surface area contributed by atoms with Crippen LogP contribution < -0.4 is 0 Å². The van der Waals surface area contributed by atoms with Crippen LogP contribution in [0.1, 0.15) is 53.4 Å². The number of fused-ring (bicyclic) bond motifs is 1. The summed E-state index contributed by atoms with van der Waals surface area (Å²) in [5.74, 6) is 0.109. The number of Topliss-reactive ketones (excluding diaryl/α,β-unsaturated/α-hetero) is 1. The minimum Gasteiger partial charge on any atom is -0.454 e. The van der Waals surface area contributed by atoms with E-state index in [0.717, 1.165) is 25.7 Å². The summed E-state index contributed by atoms with van der Waals surface area (Å²) in [6.45, 7) is 11.9. The first-order chi connectivity index (χ1) is 9.24. The SMILES string of the molecule is C=C1CCC[C@H](C)C(=O)[C@H](OC(C)=O)[C@@H]2[C@@H]1CC2(C)C. The Balaban J connectivity index is 2.35. The van der Waals surface area contributed by atoms with Crippen molar-refractivity contribution < 1.29 is 14.3 Å². The van der Waals surface area contributed by atoms with Crippen molar-refractivity contribution in [1.29, 1.82) is 0 Å². The summed E-state index contributed by atoms with van der Waals surface area (Å²) in [6.07, 6.45) is 3.29. The van der Waals surface area contributed by atoms with Gasteiger partial charge in [-0.1, -0.05) is 32.9 Å². The van der Waals surface area contributed by atoms with Crippen molar-refractivity contribution in [3.8, 4) is 0 Å². The summed E-state index contributed by atoms with van der Waals surface area (Å²) in [6, 6.07) is 0. The van der Waals surface area contributed by atoms with Gasteiger partial charge in [0.1, 0.15) is 0 Å². The highest BCUT2D eigenvalue weighted by molar-refractivity contribution is 5.87. The molecule has 0 aromatic heterocycles. The highest BCUT2D eigenvalue weighted by atomic mass is 16.5. The lowest BCUT2D eigenvalue weighted by molar-refractivity contribution is -0.171. The van der Waals surface area contributed by atoms with Crippen LogP contribution in [0.25, 0.3) is 0 Å². The maximum atomic E-state index is 12.7. The average Bonchev–Trinajstić information content (AvgIpc) is 2.35. The number of hydrogen-bond acceptors (Lipinski definition) is 3. The van der Waals surface area contributed by atoms with Crippen molar-refractivity contribution in [2.45, 2.75) is 59.5 Å². The Bertz CT molecular complexity index is 436. The quantitative estimate of drug-likeness (QED) is 0.544. The molecule has 0 aromatic rings. The Morgan fingerprint density at radius 3 is 2.60 bits per heavy atom. The molecule has 20 heavy (non-hydrogen) atoms. The molecule has 0 radical (unpaired) electrons. The second-order valence-corrected chi connectivity index (χ2v) is 7.21. The number of rotatable bonds is 1. The standard InChI is InChI=1S/C17H26O3/c1-10-7-6-8-11(2)15(19)16(20-12(3)18)14-13(10)9-17(14,4)5/h11,13-14,16H,1,6-9H2,2-5H3/t11-,13+,14-,16+/m0/s1. The Morgan fingerprint density at radius 2 is 2.05 bits per heavy atom. The molecule has 4 atom stereocenters. The Morgan fingerprint density at radius 1 is 1.40 bits per heavy atom. The summed E-state index contributed by atoms with van der Waals surface area (Å²) >= 11 is 0. The predicted octanol–water partition coefficient (Wildman–Crippen LogP) is 3.53. The van der Waals surface area contributed by atoms with E-state index < -0.39 is 6.10 Å². The first-order valence-electron chi connectivity index (χ1n) is 7.62. The van der Waals surface area contributed by atoms with E-state index in [1.807, 2.05) is 6.92 Å². The van der Waals surface area contributed by atoms with Gasteiger partial charge in [0.2, 0.25) is 0 Å². The number of allylic oxidation sites excluding steroid dienone is 1. The third-order valence-electron chi connectivity index (χ3n) is 5.13. The summed E-state index contributed by atoms with van der Waals surface area (Å²) in [7, 11) is 0. The lowest BCUT2D eigenvalue weighted by Crippen LogP contribution is -2.55. The normalized spacial score (nSPS) is 37.0. The van der Waals surface area contributed by atoms with Crippen LogP contribution in [-0.4, -0.2) is 17.9 Å². The average molecular weight is 278 g/mol. The van der Waals surface area contributed by atoms with Crippen molar-refractivity contribution in [1.82, 2.24) is 0 Å². The van der Waals surface area contributed by atoms with Gasteiger partial charge in [-0.05, 0) is 37.0 Å². The van der Waals surface area contributed by atoms with E-state index in [2.05, 4.69) is 20.4 Å². The molecule has 0 aliphatic heterocycles. The summed E-state index contributed by atoms with van der Waals surface area (Å²) in [5.41, 5.74) is 1.27. The van der Waals surface area contributed by atoms with Crippen LogP contribution in [0.5, 0.6) is 0 Å². The number of esters is 1. The van der Waals surface area contributed by atoms with Crippen LogP contribution >= 0.6 is 0 Å². The molecule has 2 saturated carbocycles. The Hall–Kier alpha value is -1.12. The van der Waals surface area contributed by atoms with E-state index in [9.17, 15) is 9.59 Å². The van der Waals surface area contributed by atoms with Gasteiger partial charge in [0.05, 0.1) is 0 Å². The van der Waals surface area contributed by atoms with Gasteiger partial charge in [0.25, 0.3) is 0 Å². The van der Waals surface area contributed by atoms with Crippen LogP contribution in [0, 0.1) is 23.2 Å². The first kappa shape index (κ1) is 15.3. The maximum Gasteiger partial charge on any atom is 0.303 e. The Kier molecular flexibility index (Phi) is 4.08. The molecule has 0 unspecified atom stereocenters. The predicted molar refractivity (Wildman–Crippen MR) is 78.1 cm³/mol. The molecule has 0 aromatic carbocycles. The molecule has 3 heteroatoms. The minimum absolute atomic E-state index is 0.0352. The molecule has 2 aliphatic carbocycles. The van der Waals surface area contributed by atoms with Crippen molar-refractivity contribution in [2.75, 3.05) is 0 Å². The van der Waals surface area contributed by atoms with E-state index in [4.69, 9.17) is 4.74 Å². The minimum atomic E-state index is -0.592. The van der Waals surface area contributed by atoms with Crippen molar-refractivity contribution >= 4 is 11.8 Å². The molecular weight excluding hydrogens is 252 g/mol. The summed E-state index contributed by atoms with van der Waals surface area (Å²) in [5, 5.41) is 0. The molecule has 0 saturated heterocycles. The third-order valence-corrected chi connectivity index (χ3v) is 5.13. The van der Waals surface area contributed by atoms with Crippen LogP contribution in [0.3, 0.4) is 0 Å². The number of carbonyl (C=O) groups is 2. The molecule has 0 amide bonds. The number of carbonyl (C=O) groups excluding carboxylic acids is 2. The molecule has 3 nitrogen and oxygen atoms in total. The zero-order valence-corrected chi connectivity index (χ0v) is 13.1.